The second-order valence-electron chi connectivity index (χ2n) is 19.1. The normalized spacial score (nSPS) is 23.1. The molecule has 0 N–H and O–H groups in total. The second-order valence-corrected chi connectivity index (χ2v) is 19.1. The standard InChI is InChI=1S/C60H46N2/c1-2-12-43-33-58-55(32-42(43)11-1)54-16-6-8-19-57(54)62(58)56-18-7-5-15-53(56)41-22-28-49(29-23-41)61(48-26-20-40(21-27-48)52-17-9-13-39-10-3-4-14-51(39)52)50-30-24-44(25-31-50)59-36-46-34-45-35-47(37-59)60(45,46)38-59/h1-33,45-47H,34-38H2/t45?,46-,47-,59?,60?/m0/s1. The van der Waals surface area contributed by atoms with Gasteiger partial charge < -0.3 is 9.47 Å². The van der Waals surface area contributed by atoms with E-state index in [9.17, 15) is 0 Å². The van der Waals surface area contributed by atoms with Crippen LogP contribution in [0.2, 0.25) is 0 Å². The summed E-state index contributed by atoms with van der Waals surface area (Å²) in [6, 6.07) is 74.8. The molecule has 9 aromatic carbocycles. The third-order valence-electron chi connectivity index (χ3n) is 16.4. The van der Waals surface area contributed by atoms with Crippen LogP contribution in [0.15, 0.2) is 200 Å². The van der Waals surface area contributed by atoms with E-state index in [2.05, 4.69) is 210 Å². The van der Waals surface area contributed by atoms with Gasteiger partial charge in [-0.2, -0.15) is 0 Å². The Morgan fingerprint density at radius 2 is 0.968 bits per heavy atom. The van der Waals surface area contributed by atoms with Gasteiger partial charge in [0.25, 0.3) is 0 Å². The second kappa shape index (κ2) is 12.8. The summed E-state index contributed by atoms with van der Waals surface area (Å²) < 4.78 is 2.47. The van der Waals surface area contributed by atoms with Crippen LogP contribution in [0.3, 0.4) is 0 Å². The topological polar surface area (TPSA) is 8.17 Å². The van der Waals surface area contributed by atoms with Gasteiger partial charge in [0.05, 0.1) is 16.7 Å². The van der Waals surface area contributed by atoms with Crippen LogP contribution >= 0.6 is 0 Å². The van der Waals surface area contributed by atoms with Crippen molar-refractivity contribution >= 4 is 60.4 Å². The highest BCUT2D eigenvalue weighted by molar-refractivity contribution is 6.14. The van der Waals surface area contributed by atoms with Crippen LogP contribution in [0.4, 0.5) is 17.1 Å². The molecule has 2 bridgehead atoms. The fraction of sp³-hybridized carbons (Fsp3) is 0.167. The van der Waals surface area contributed by atoms with E-state index in [4.69, 9.17) is 0 Å². The third-order valence-corrected chi connectivity index (χ3v) is 16.4. The molecule has 2 atom stereocenters. The van der Waals surface area contributed by atoms with E-state index >= 15 is 0 Å². The summed E-state index contributed by atoms with van der Waals surface area (Å²) in [5, 5.41) is 7.62. The van der Waals surface area contributed by atoms with Gasteiger partial charge in [-0.05, 0) is 165 Å². The monoisotopic (exact) mass is 794 g/mol. The maximum absolute atomic E-state index is 2.49. The molecule has 14 rings (SSSR count). The minimum Gasteiger partial charge on any atom is -0.311 e. The van der Waals surface area contributed by atoms with Gasteiger partial charge in [0.2, 0.25) is 0 Å². The smallest absolute Gasteiger partial charge is 0.0547 e. The number of fused-ring (bicyclic) bond motifs is 6. The molecule has 0 saturated heterocycles. The summed E-state index contributed by atoms with van der Waals surface area (Å²) >= 11 is 0. The molecule has 0 radical (unpaired) electrons. The molecule has 296 valence electrons. The number of nitrogens with zero attached hydrogens (tertiary/aromatic N) is 2. The highest BCUT2D eigenvalue weighted by atomic mass is 15.1. The average molecular weight is 795 g/mol. The third kappa shape index (κ3) is 4.81. The van der Waals surface area contributed by atoms with Gasteiger partial charge >= 0.3 is 0 Å². The van der Waals surface area contributed by atoms with Crippen LogP contribution in [0.5, 0.6) is 0 Å². The molecule has 4 fully saturated rings. The number of aromatic nitrogens is 1. The SMILES string of the molecule is c1ccc(-n2c3ccccc3c3cc4ccccc4cc32)c(-c2ccc(N(c3ccc(-c4cccc5ccccc45)cc3)c3ccc(C45C[C@@H]6CC7C[C@@H](C4)C76C5)cc3)cc2)c1. The molecule has 1 heterocycles. The largest absolute Gasteiger partial charge is 0.311 e. The zero-order valence-corrected chi connectivity index (χ0v) is 34.7. The predicted molar refractivity (Wildman–Crippen MR) is 259 cm³/mol. The van der Waals surface area contributed by atoms with Gasteiger partial charge in [-0.25, -0.2) is 0 Å². The zero-order chi connectivity index (χ0) is 40.6. The lowest BCUT2D eigenvalue weighted by molar-refractivity contribution is -0.175. The van der Waals surface area contributed by atoms with Crippen LogP contribution in [-0.2, 0) is 5.41 Å². The molecule has 0 amide bonds. The molecular weight excluding hydrogens is 749 g/mol. The van der Waals surface area contributed by atoms with Gasteiger partial charge in [-0.1, -0.05) is 140 Å². The van der Waals surface area contributed by atoms with Crippen LogP contribution in [-0.4, -0.2) is 4.57 Å². The molecule has 4 saturated carbocycles. The van der Waals surface area contributed by atoms with Crippen molar-refractivity contribution in [1.82, 2.24) is 4.57 Å². The average Bonchev–Trinajstić information content (AvgIpc) is 3.94. The molecular formula is C60H46N2. The molecule has 62 heavy (non-hydrogen) atoms. The zero-order valence-electron chi connectivity index (χ0n) is 34.7. The summed E-state index contributed by atoms with van der Waals surface area (Å²) in [5.74, 6) is 3.00. The Kier molecular flexibility index (Phi) is 7.19. The predicted octanol–water partition coefficient (Wildman–Crippen LogP) is 16.0. The van der Waals surface area contributed by atoms with E-state index in [-0.39, 0.29) is 0 Å². The Morgan fingerprint density at radius 1 is 0.419 bits per heavy atom. The number of benzene rings is 9. The Bertz CT molecular complexity index is 3390. The van der Waals surface area contributed by atoms with Crippen molar-refractivity contribution in [2.45, 2.75) is 37.5 Å². The highest BCUT2D eigenvalue weighted by Crippen LogP contribution is 2.84. The quantitative estimate of drug-likeness (QED) is 0.156. The van der Waals surface area contributed by atoms with Crippen LogP contribution in [0.1, 0.15) is 37.7 Å². The van der Waals surface area contributed by atoms with Gasteiger partial charge in [-0.15, -0.1) is 0 Å². The first-order valence-corrected chi connectivity index (χ1v) is 22.7. The van der Waals surface area contributed by atoms with Gasteiger partial charge in [0, 0.05) is 33.4 Å². The fourth-order valence-electron chi connectivity index (χ4n) is 13.7. The van der Waals surface area contributed by atoms with E-state index in [1.807, 2.05) is 0 Å². The van der Waals surface area contributed by atoms with Gasteiger partial charge in [0.1, 0.15) is 0 Å². The maximum Gasteiger partial charge on any atom is 0.0547 e. The van der Waals surface area contributed by atoms with Crippen molar-refractivity contribution in [3.05, 3.63) is 206 Å². The van der Waals surface area contributed by atoms with Gasteiger partial charge in [0.15, 0.2) is 0 Å². The Labute approximate surface area is 362 Å². The highest BCUT2D eigenvalue weighted by Gasteiger charge is 2.77. The van der Waals surface area contributed by atoms with Crippen molar-refractivity contribution in [3.8, 4) is 27.9 Å². The summed E-state index contributed by atoms with van der Waals surface area (Å²) in [7, 11) is 0. The first kappa shape index (κ1) is 34.8. The van der Waals surface area contributed by atoms with E-state index in [1.54, 1.807) is 5.56 Å². The summed E-state index contributed by atoms with van der Waals surface area (Å²) in [6.45, 7) is 0. The molecule has 10 aromatic rings. The number of rotatable bonds is 7. The van der Waals surface area contributed by atoms with E-state index in [1.165, 1.54) is 109 Å². The molecule has 1 spiro atoms. The lowest BCUT2D eigenvalue weighted by atomic mass is 9.38. The Morgan fingerprint density at radius 3 is 1.66 bits per heavy atom. The molecule has 0 unspecified atom stereocenters. The molecule has 0 aliphatic heterocycles. The first-order chi connectivity index (χ1) is 30.6. The Hall–Kier alpha value is -6.90. The summed E-state index contributed by atoms with van der Waals surface area (Å²) in [5.41, 5.74) is 14.7. The van der Waals surface area contributed by atoms with Crippen molar-refractivity contribution in [2.24, 2.45) is 23.2 Å². The van der Waals surface area contributed by atoms with Crippen LogP contribution in [0, 0.1) is 23.2 Å². The van der Waals surface area contributed by atoms with E-state index < -0.39 is 0 Å². The lowest BCUT2D eigenvalue weighted by Gasteiger charge is -2.66. The molecule has 2 heteroatoms. The molecule has 2 nitrogen and oxygen atoms in total. The van der Waals surface area contributed by atoms with E-state index in [0.717, 1.165) is 29.1 Å². The van der Waals surface area contributed by atoms with Crippen LogP contribution < -0.4 is 4.90 Å². The first-order valence-electron chi connectivity index (χ1n) is 22.7. The number of para-hydroxylation sites is 2. The van der Waals surface area contributed by atoms with Crippen molar-refractivity contribution in [1.29, 1.82) is 0 Å². The number of hydrogen-bond donors (Lipinski definition) is 0. The maximum atomic E-state index is 2.49. The minimum absolute atomic E-state index is 0.391. The summed E-state index contributed by atoms with van der Waals surface area (Å²) in [4.78, 5) is 2.45. The van der Waals surface area contributed by atoms with Crippen LogP contribution in [0.25, 0.3) is 71.3 Å². The van der Waals surface area contributed by atoms with E-state index in [0.29, 0.717) is 10.8 Å². The summed E-state index contributed by atoms with van der Waals surface area (Å²) in [6.07, 6.45) is 7.25. The minimum atomic E-state index is 0.391. The Balaban J connectivity index is 0.867. The van der Waals surface area contributed by atoms with Gasteiger partial charge in [-0.3, -0.25) is 0 Å². The number of anilines is 3. The molecule has 1 aromatic heterocycles. The molecule has 4 aliphatic rings. The van der Waals surface area contributed by atoms with Crippen molar-refractivity contribution in [2.75, 3.05) is 4.90 Å². The van der Waals surface area contributed by atoms with Crippen molar-refractivity contribution < 1.29 is 0 Å². The number of hydrogen-bond acceptors (Lipinski definition) is 1. The lowest BCUT2D eigenvalue weighted by Crippen LogP contribution is -2.59. The molecule has 4 aliphatic carbocycles. The fourth-order valence-corrected chi connectivity index (χ4v) is 13.7. The van der Waals surface area contributed by atoms with Crippen molar-refractivity contribution in [3.63, 3.8) is 0 Å².